The van der Waals surface area contributed by atoms with Gasteiger partial charge in [0, 0.05) is 17.4 Å². The molecule has 3 rings (SSSR count). The van der Waals surface area contributed by atoms with Gasteiger partial charge in [-0.3, -0.25) is 9.59 Å². The normalized spacial score (nSPS) is 11.7. The first-order valence-corrected chi connectivity index (χ1v) is 9.29. The van der Waals surface area contributed by atoms with Crippen LogP contribution in [0.25, 0.3) is 6.08 Å². The second kappa shape index (κ2) is 9.44. The van der Waals surface area contributed by atoms with Gasteiger partial charge in [0.05, 0.1) is 11.3 Å². The molecule has 0 saturated heterocycles. The third-order valence-electron chi connectivity index (χ3n) is 4.09. The van der Waals surface area contributed by atoms with E-state index in [9.17, 15) is 22.8 Å². The third kappa shape index (κ3) is 5.70. The van der Waals surface area contributed by atoms with Crippen molar-refractivity contribution in [1.82, 2.24) is 4.98 Å². The van der Waals surface area contributed by atoms with Gasteiger partial charge in [0.15, 0.2) is 0 Å². The van der Waals surface area contributed by atoms with E-state index in [-0.39, 0.29) is 10.7 Å². The van der Waals surface area contributed by atoms with Crippen LogP contribution in [0.3, 0.4) is 0 Å². The molecule has 0 unspecified atom stereocenters. The number of anilines is 2. The predicted molar refractivity (Wildman–Crippen MR) is 112 cm³/mol. The number of alkyl halides is 3. The van der Waals surface area contributed by atoms with Gasteiger partial charge < -0.3 is 10.6 Å². The second-order valence-electron chi connectivity index (χ2n) is 6.26. The summed E-state index contributed by atoms with van der Waals surface area (Å²) in [6, 6.07) is 15.8. The summed E-state index contributed by atoms with van der Waals surface area (Å²) in [4.78, 5) is 29.6. The number of nitrogens with one attached hydrogen (secondary N) is 2. The van der Waals surface area contributed by atoms with Crippen LogP contribution < -0.4 is 10.6 Å². The second-order valence-corrected chi connectivity index (χ2v) is 6.62. The van der Waals surface area contributed by atoms with Crippen molar-refractivity contribution < 1.29 is 22.8 Å². The van der Waals surface area contributed by atoms with Gasteiger partial charge in [-0.25, -0.2) is 4.98 Å². The van der Waals surface area contributed by atoms with Crippen LogP contribution in [0.4, 0.5) is 24.5 Å². The first-order chi connectivity index (χ1) is 14.8. The number of halogens is 4. The van der Waals surface area contributed by atoms with E-state index in [1.165, 1.54) is 30.5 Å². The van der Waals surface area contributed by atoms with Crippen LogP contribution in [0.1, 0.15) is 11.1 Å². The van der Waals surface area contributed by atoms with Crippen LogP contribution in [-0.4, -0.2) is 16.8 Å². The van der Waals surface area contributed by atoms with Crippen molar-refractivity contribution in [2.45, 2.75) is 6.18 Å². The van der Waals surface area contributed by atoms with Crippen molar-refractivity contribution >= 4 is 40.9 Å². The Bertz CT molecular complexity index is 1130. The molecule has 31 heavy (non-hydrogen) atoms. The van der Waals surface area contributed by atoms with Crippen molar-refractivity contribution in [2.24, 2.45) is 0 Å². The lowest BCUT2D eigenvalue weighted by atomic mass is 10.1. The van der Waals surface area contributed by atoms with Gasteiger partial charge in [0.25, 0.3) is 11.8 Å². The molecule has 0 fully saturated rings. The van der Waals surface area contributed by atoms with Gasteiger partial charge in [-0.2, -0.15) is 13.2 Å². The van der Waals surface area contributed by atoms with E-state index in [1.54, 1.807) is 36.4 Å². The lowest BCUT2D eigenvalue weighted by Gasteiger charge is -2.15. The minimum absolute atomic E-state index is 0.0241. The number of carbonyl (C=O) groups excluding carboxylic acids is 2. The topological polar surface area (TPSA) is 71.1 Å². The highest BCUT2D eigenvalue weighted by Gasteiger charge is 2.34. The number of hydrogen-bond acceptors (Lipinski definition) is 3. The highest BCUT2D eigenvalue weighted by molar-refractivity contribution is 6.32. The van der Waals surface area contributed by atoms with Crippen LogP contribution in [0.5, 0.6) is 0 Å². The Labute approximate surface area is 180 Å². The summed E-state index contributed by atoms with van der Waals surface area (Å²) in [6.45, 7) is 0. The maximum atomic E-state index is 13.3. The van der Waals surface area contributed by atoms with Crippen LogP contribution in [0, 0.1) is 0 Å². The number of nitrogens with zero attached hydrogens (tertiary/aromatic N) is 1. The van der Waals surface area contributed by atoms with Gasteiger partial charge in [-0.15, -0.1) is 0 Å². The lowest BCUT2D eigenvalue weighted by molar-refractivity contribution is -0.137. The molecule has 0 aliphatic carbocycles. The molecule has 0 bridgehead atoms. The SMILES string of the molecule is O=C(Nc1ccccc1)/C(=C\c1cccnc1Cl)C(=O)Nc1ccccc1C(F)(F)F. The van der Waals surface area contributed by atoms with E-state index >= 15 is 0 Å². The highest BCUT2D eigenvalue weighted by atomic mass is 35.5. The molecule has 2 N–H and O–H groups in total. The number of amides is 2. The summed E-state index contributed by atoms with van der Waals surface area (Å²) in [6.07, 6.45) is -2.10. The average Bonchev–Trinajstić information content (AvgIpc) is 2.73. The zero-order valence-corrected chi connectivity index (χ0v) is 16.5. The number of aromatic nitrogens is 1. The molecular formula is C22H15ClF3N3O2. The fourth-order valence-corrected chi connectivity index (χ4v) is 2.82. The van der Waals surface area contributed by atoms with Crippen molar-refractivity contribution in [3.05, 3.63) is 94.8 Å². The Morgan fingerprint density at radius 1 is 0.871 bits per heavy atom. The summed E-state index contributed by atoms with van der Waals surface area (Å²) in [7, 11) is 0. The minimum Gasteiger partial charge on any atom is -0.322 e. The van der Waals surface area contributed by atoms with E-state index in [0.29, 0.717) is 5.69 Å². The Morgan fingerprint density at radius 2 is 1.52 bits per heavy atom. The van der Waals surface area contributed by atoms with Gasteiger partial charge in [0.2, 0.25) is 0 Å². The third-order valence-corrected chi connectivity index (χ3v) is 4.41. The summed E-state index contributed by atoms with van der Waals surface area (Å²) in [5.41, 5.74) is -1.31. The molecule has 2 aromatic carbocycles. The molecule has 3 aromatic rings. The summed E-state index contributed by atoms with van der Waals surface area (Å²) >= 11 is 6.02. The predicted octanol–water partition coefficient (Wildman–Crippen LogP) is 5.41. The summed E-state index contributed by atoms with van der Waals surface area (Å²) < 4.78 is 39.8. The Kier molecular flexibility index (Phi) is 6.71. The standard InChI is InChI=1S/C22H15ClF3N3O2/c23-19-14(7-6-12-27-19)13-16(20(30)28-15-8-2-1-3-9-15)21(31)29-18-11-5-4-10-17(18)22(24,25)26/h1-13H,(H,28,30)(H,29,31)/b16-13+. The lowest BCUT2D eigenvalue weighted by Crippen LogP contribution is -2.26. The minimum atomic E-state index is -4.69. The molecular weight excluding hydrogens is 431 g/mol. The number of rotatable bonds is 5. The summed E-state index contributed by atoms with van der Waals surface area (Å²) in [5, 5.41) is 4.74. The largest absolute Gasteiger partial charge is 0.418 e. The van der Waals surface area contributed by atoms with E-state index in [2.05, 4.69) is 15.6 Å². The molecule has 1 heterocycles. The molecule has 2 amide bonds. The summed E-state index contributed by atoms with van der Waals surface area (Å²) in [5.74, 6) is -1.86. The van der Waals surface area contributed by atoms with Gasteiger partial charge in [-0.1, -0.05) is 48.0 Å². The van der Waals surface area contributed by atoms with Crippen molar-refractivity contribution in [1.29, 1.82) is 0 Å². The van der Waals surface area contributed by atoms with E-state index in [4.69, 9.17) is 11.6 Å². The van der Waals surface area contributed by atoms with Gasteiger partial charge >= 0.3 is 6.18 Å². The number of para-hydroxylation sites is 2. The Hall–Kier alpha value is -3.65. The molecule has 0 spiro atoms. The molecule has 1 aromatic heterocycles. The molecule has 0 radical (unpaired) electrons. The molecule has 0 atom stereocenters. The van der Waals surface area contributed by atoms with E-state index in [1.807, 2.05) is 0 Å². The van der Waals surface area contributed by atoms with Crippen LogP contribution in [0.15, 0.2) is 78.5 Å². The Morgan fingerprint density at radius 3 is 2.19 bits per heavy atom. The molecule has 0 aliphatic rings. The van der Waals surface area contributed by atoms with Crippen molar-refractivity contribution in [3.63, 3.8) is 0 Å². The van der Waals surface area contributed by atoms with Crippen molar-refractivity contribution in [2.75, 3.05) is 10.6 Å². The zero-order valence-electron chi connectivity index (χ0n) is 15.8. The van der Waals surface area contributed by atoms with E-state index < -0.39 is 34.8 Å². The maximum Gasteiger partial charge on any atom is 0.418 e. The zero-order chi connectivity index (χ0) is 22.4. The van der Waals surface area contributed by atoms with Crippen LogP contribution in [-0.2, 0) is 15.8 Å². The fourth-order valence-electron chi connectivity index (χ4n) is 2.64. The van der Waals surface area contributed by atoms with Gasteiger partial charge in [-0.05, 0) is 36.4 Å². The maximum absolute atomic E-state index is 13.3. The fraction of sp³-hybridized carbons (Fsp3) is 0.0455. The van der Waals surface area contributed by atoms with Crippen LogP contribution >= 0.6 is 11.6 Å². The first-order valence-electron chi connectivity index (χ1n) is 8.92. The average molecular weight is 446 g/mol. The van der Waals surface area contributed by atoms with E-state index in [0.717, 1.165) is 12.1 Å². The monoisotopic (exact) mass is 445 g/mol. The Balaban J connectivity index is 1.98. The molecule has 158 valence electrons. The molecule has 0 saturated carbocycles. The number of hydrogen-bond donors (Lipinski definition) is 2. The highest BCUT2D eigenvalue weighted by Crippen LogP contribution is 2.34. The smallest absolute Gasteiger partial charge is 0.322 e. The molecule has 0 aliphatic heterocycles. The van der Waals surface area contributed by atoms with Gasteiger partial charge in [0.1, 0.15) is 10.7 Å². The first kappa shape index (κ1) is 22.0. The van der Waals surface area contributed by atoms with Crippen molar-refractivity contribution in [3.8, 4) is 0 Å². The molecule has 9 heteroatoms. The number of pyridine rings is 1. The van der Waals surface area contributed by atoms with Crippen LogP contribution in [0.2, 0.25) is 5.15 Å². The number of carbonyl (C=O) groups is 2. The number of benzene rings is 2. The quantitative estimate of drug-likeness (QED) is 0.238. The molecule has 5 nitrogen and oxygen atoms in total.